The van der Waals surface area contributed by atoms with E-state index in [0.29, 0.717) is 25.9 Å². The van der Waals surface area contributed by atoms with E-state index in [1.807, 2.05) is 0 Å². The first kappa shape index (κ1) is 14.5. The number of aliphatic carboxylic acids is 1. The van der Waals surface area contributed by atoms with Crippen LogP contribution in [0.4, 0.5) is 0 Å². The molecule has 18 heavy (non-hydrogen) atoms. The lowest BCUT2D eigenvalue weighted by Crippen LogP contribution is -2.36. The number of carboxylic acids is 1. The van der Waals surface area contributed by atoms with Crippen LogP contribution < -0.4 is 0 Å². The summed E-state index contributed by atoms with van der Waals surface area (Å²) in [5.41, 5.74) is 0. The fourth-order valence-electron chi connectivity index (χ4n) is 1.79. The smallest absolute Gasteiger partial charge is 0.306 e. The molecule has 0 unspecified atom stereocenters. The van der Waals surface area contributed by atoms with Gasteiger partial charge >= 0.3 is 5.97 Å². The molecule has 1 amide bonds. The highest BCUT2D eigenvalue weighted by atomic mass is 16.4. The predicted octanol–water partition coefficient (Wildman–Crippen LogP) is 0.265. The highest BCUT2D eigenvalue weighted by Crippen LogP contribution is 2.16. The molecule has 100 valence electrons. The minimum absolute atomic E-state index is 0.00609. The van der Waals surface area contributed by atoms with Gasteiger partial charge in [0.25, 0.3) is 0 Å². The number of hydrogen-bond acceptors (Lipinski definition) is 3. The van der Waals surface area contributed by atoms with Gasteiger partial charge in [0, 0.05) is 14.0 Å². The van der Waals surface area contributed by atoms with Gasteiger partial charge in [0.15, 0.2) is 0 Å². The molecule has 0 atom stereocenters. The maximum Gasteiger partial charge on any atom is 0.306 e. The summed E-state index contributed by atoms with van der Waals surface area (Å²) in [7, 11) is 1.72. The van der Waals surface area contributed by atoms with E-state index in [9.17, 15) is 9.59 Å². The van der Waals surface area contributed by atoms with Crippen molar-refractivity contribution in [3.05, 3.63) is 0 Å². The quantitative estimate of drug-likeness (QED) is 0.732. The Balaban J connectivity index is 2.24. The minimum atomic E-state index is -0.691. The molecule has 0 spiro atoms. The number of amides is 1. The van der Waals surface area contributed by atoms with E-state index in [2.05, 4.69) is 16.7 Å². The number of rotatable bonds is 3. The molecule has 1 N–H and O–H groups in total. The van der Waals surface area contributed by atoms with E-state index in [0.717, 1.165) is 13.1 Å². The number of hydrogen-bond donors (Lipinski definition) is 1. The third-order valence-corrected chi connectivity index (χ3v) is 3.22. The van der Waals surface area contributed by atoms with Gasteiger partial charge in [-0.15, -0.1) is 0 Å². The summed E-state index contributed by atoms with van der Waals surface area (Å²) in [6.45, 7) is 4.18. The van der Waals surface area contributed by atoms with E-state index in [1.54, 1.807) is 11.9 Å². The largest absolute Gasteiger partial charge is 0.481 e. The summed E-state index contributed by atoms with van der Waals surface area (Å²) in [4.78, 5) is 25.4. The Labute approximate surface area is 108 Å². The Morgan fingerprint density at radius 3 is 2.44 bits per heavy atom. The molecule has 0 aromatic rings. The zero-order valence-electron chi connectivity index (χ0n) is 11.0. The molecule has 0 radical (unpaired) electrons. The second-order valence-corrected chi connectivity index (χ2v) is 4.62. The van der Waals surface area contributed by atoms with Crippen molar-refractivity contribution in [1.82, 2.24) is 9.80 Å². The molecule has 0 aliphatic carbocycles. The SMILES string of the molecule is CC(=O)N(C)CC#CCN1CCC(C(=O)O)CC1. The Hall–Kier alpha value is -1.54. The number of likely N-dealkylation sites (tertiary alicyclic amines) is 1. The molecule has 0 bridgehead atoms. The third kappa shape index (κ3) is 4.76. The van der Waals surface area contributed by atoms with Gasteiger partial charge in [-0.1, -0.05) is 11.8 Å². The second kappa shape index (κ2) is 7.02. The van der Waals surface area contributed by atoms with Gasteiger partial charge in [-0.25, -0.2) is 0 Å². The zero-order chi connectivity index (χ0) is 13.5. The van der Waals surface area contributed by atoms with Crippen molar-refractivity contribution in [2.75, 3.05) is 33.2 Å². The van der Waals surface area contributed by atoms with E-state index in [4.69, 9.17) is 5.11 Å². The molecule has 1 aliphatic rings. The van der Waals surface area contributed by atoms with Crippen molar-refractivity contribution < 1.29 is 14.7 Å². The number of nitrogens with zero attached hydrogens (tertiary/aromatic N) is 2. The van der Waals surface area contributed by atoms with Crippen LogP contribution in [0.15, 0.2) is 0 Å². The molecular weight excluding hydrogens is 232 g/mol. The number of carboxylic acid groups (broad SMARTS) is 1. The Morgan fingerprint density at radius 2 is 1.94 bits per heavy atom. The average Bonchev–Trinajstić information content (AvgIpc) is 2.34. The van der Waals surface area contributed by atoms with Crippen LogP contribution in [-0.4, -0.2) is 60.0 Å². The molecule has 0 aromatic heterocycles. The van der Waals surface area contributed by atoms with Crippen LogP contribution in [0.25, 0.3) is 0 Å². The summed E-state index contributed by atoms with van der Waals surface area (Å²) in [5.74, 6) is 5.08. The van der Waals surface area contributed by atoms with Gasteiger partial charge in [-0.3, -0.25) is 14.5 Å². The van der Waals surface area contributed by atoms with E-state index in [1.165, 1.54) is 6.92 Å². The van der Waals surface area contributed by atoms with Crippen molar-refractivity contribution >= 4 is 11.9 Å². The third-order valence-electron chi connectivity index (χ3n) is 3.22. The van der Waals surface area contributed by atoms with Crippen molar-refractivity contribution in [1.29, 1.82) is 0 Å². The maximum absolute atomic E-state index is 10.9. The van der Waals surface area contributed by atoms with Crippen molar-refractivity contribution in [3.8, 4) is 11.8 Å². The summed E-state index contributed by atoms with van der Waals surface area (Å²) < 4.78 is 0. The van der Waals surface area contributed by atoms with Gasteiger partial charge in [-0.2, -0.15) is 0 Å². The van der Waals surface area contributed by atoms with Crippen LogP contribution in [-0.2, 0) is 9.59 Å². The summed E-state index contributed by atoms with van der Waals surface area (Å²) in [6, 6.07) is 0. The van der Waals surface area contributed by atoms with Crippen LogP contribution in [0.5, 0.6) is 0 Å². The second-order valence-electron chi connectivity index (χ2n) is 4.62. The Bertz CT molecular complexity index is 362. The molecule has 0 saturated carbocycles. The van der Waals surface area contributed by atoms with Gasteiger partial charge < -0.3 is 10.0 Å². The summed E-state index contributed by atoms with van der Waals surface area (Å²) in [6.07, 6.45) is 1.40. The fraction of sp³-hybridized carbons (Fsp3) is 0.692. The molecule has 1 rings (SSSR count). The van der Waals surface area contributed by atoms with Crippen LogP contribution in [0.1, 0.15) is 19.8 Å². The first-order valence-corrected chi connectivity index (χ1v) is 6.13. The predicted molar refractivity (Wildman–Crippen MR) is 67.9 cm³/mol. The van der Waals surface area contributed by atoms with E-state index < -0.39 is 5.97 Å². The number of piperidine rings is 1. The zero-order valence-corrected chi connectivity index (χ0v) is 11.0. The molecule has 5 nitrogen and oxygen atoms in total. The standard InChI is InChI=1S/C13H20N2O3/c1-11(16)14(2)7-3-4-8-15-9-5-12(6-10-15)13(17)18/h12H,5-10H2,1-2H3,(H,17,18). The lowest BCUT2D eigenvalue weighted by molar-refractivity contribution is -0.143. The Kier molecular flexibility index (Phi) is 5.66. The normalized spacial score (nSPS) is 16.8. The molecule has 1 heterocycles. The van der Waals surface area contributed by atoms with Crippen molar-refractivity contribution in [2.45, 2.75) is 19.8 Å². The summed E-state index contributed by atoms with van der Waals surface area (Å²) >= 11 is 0. The monoisotopic (exact) mass is 252 g/mol. The Morgan fingerprint density at radius 1 is 1.33 bits per heavy atom. The van der Waals surface area contributed by atoms with Crippen molar-refractivity contribution in [2.24, 2.45) is 5.92 Å². The summed E-state index contributed by atoms with van der Waals surface area (Å²) in [5, 5.41) is 8.87. The topological polar surface area (TPSA) is 60.9 Å². The minimum Gasteiger partial charge on any atom is -0.481 e. The molecule has 1 fully saturated rings. The van der Waals surface area contributed by atoms with Crippen LogP contribution in [0.2, 0.25) is 0 Å². The lowest BCUT2D eigenvalue weighted by Gasteiger charge is -2.28. The van der Waals surface area contributed by atoms with E-state index >= 15 is 0 Å². The van der Waals surface area contributed by atoms with Gasteiger partial charge in [0.05, 0.1) is 19.0 Å². The maximum atomic E-state index is 10.9. The lowest BCUT2D eigenvalue weighted by atomic mass is 9.97. The fourth-order valence-corrected chi connectivity index (χ4v) is 1.79. The van der Waals surface area contributed by atoms with Gasteiger partial charge in [-0.05, 0) is 25.9 Å². The van der Waals surface area contributed by atoms with Crippen LogP contribution >= 0.6 is 0 Å². The first-order valence-electron chi connectivity index (χ1n) is 6.13. The van der Waals surface area contributed by atoms with Crippen LogP contribution in [0.3, 0.4) is 0 Å². The van der Waals surface area contributed by atoms with Crippen molar-refractivity contribution in [3.63, 3.8) is 0 Å². The van der Waals surface area contributed by atoms with Gasteiger partial charge in [0.2, 0.25) is 5.91 Å². The molecule has 1 aliphatic heterocycles. The van der Waals surface area contributed by atoms with Gasteiger partial charge in [0.1, 0.15) is 0 Å². The molecular formula is C13H20N2O3. The average molecular weight is 252 g/mol. The van der Waals surface area contributed by atoms with E-state index in [-0.39, 0.29) is 11.8 Å². The first-order chi connectivity index (χ1) is 8.50. The highest BCUT2D eigenvalue weighted by Gasteiger charge is 2.23. The highest BCUT2D eigenvalue weighted by molar-refractivity contribution is 5.73. The molecule has 0 aromatic carbocycles. The molecule has 5 heteroatoms. The van der Waals surface area contributed by atoms with Crippen LogP contribution in [0, 0.1) is 17.8 Å². The molecule has 1 saturated heterocycles. The number of carbonyl (C=O) groups is 2. The number of carbonyl (C=O) groups excluding carboxylic acids is 1.